The van der Waals surface area contributed by atoms with Gasteiger partial charge in [0.25, 0.3) is 5.91 Å². The second-order valence-corrected chi connectivity index (χ2v) is 6.29. The van der Waals surface area contributed by atoms with Crippen molar-refractivity contribution in [1.82, 2.24) is 5.43 Å². The van der Waals surface area contributed by atoms with E-state index in [1.165, 1.54) is 0 Å². The van der Waals surface area contributed by atoms with E-state index in [0.717, 1.165) is 39.2 Å². The second kappa shape index (κ2) is 6.92. The van der Waals surface area contributed by atoms with Gasteiger partial charge in [-0.1, -0.05) is 48.5 Å². The number of phenolic OH excluding ortho intramolecular Hbond substituents is 3. The van der Waals surface area contributed by atoms with Crippen molar-refractivity contribution in [2.45, 2.75) is 0 Å². The van der Waals surface area contributed by atoms with Crippen LogP contribution in [0.25, 0.3) is 21.5 Å². The van der Waals surface area contributed by atoms with E-state index in [0.29, 0.717) is 0 Å². The summed E-state index contributed by atoms with van der Waals surface area (Å²) in [5, 5.41) is 36.6. The Morgan fingerprint density at radius 2 is 1.36 bits per heavy atom. The fourth-order valence-corrected chi connectivity index (χ4v) is 3.14. The molecule has 0 heterocycles. The first-order valence-corrected chi connectivity index (χ1v) is 8.53. The summed E-state index contributed by atoms with van der Waals surface area (Å²) in [7, 11) is 0. The van der Waals surface area contributed by atoms with Crippen LogP contribution in [0.2, 0.25) is 0 Å². The number of hydrogen-bond acceptors (Lipinski definition) is 5. The zero-order valence-corrected chi connectivity index (χ0v) is 14.6. The molecule has 4 rings (SSSR count). The van der Waals surface area contributed by atoms with Gasteiger partial charge in [0.2, 0.25) is 0 Å². The minimum atomic E-state index is -0.678. The van der Waals surface area contributed by atoms with Gasteiger partial charge in [-0.15, -0.1) is 0 Å². The Labute approximate surface area is 160 Å². The normalized spacial score (nSPS) is 11.3. The van der Waals surface area contributed by atoms with Crippen molar-refractivity contribution in [2.75, 3.05) is 0 Å². The summed E-state index contributed by atoms with van der Waals surface area (Å²) in [4.78, 5) is 12.2. The standard InChI is InChI=1S/C22H16N2O4/c25-19-10-15(11-20(26)21(19)27)22(28)24-23-12-18-16-7-3-1-5-13(16)9-14-6-2-4-8-17(14)18/h1-12,25-27H,(H,24,28). The number of aromatic hydroxyl groups is 3. The SMILES string of the molecule is O=C(NN=Cc1c2ccccc2cc2ccccc12)c1cc(O)c(O)c(O)c1. The topological polar surface area (TPSA) is 102 Å². The van der Waals surface area contributed by atoms with Gasteiger partial charge in [0.05, 0.1) is 6.21 Å². The molecule has 0 fully saturated rings. The van der Waals surface area contributed by atoms with Crippen LogP contribution in [0.15, 0.2) is 71.8 Å². The number of phenols is 3. The van der Waals surface area contributed by atoms with Crippen molar-refractivity contribution in [1.29, 1.82) is 0 Å². The van der Waals surface area contributed by atoms with Gasteiger partial charge in [-0.25, -0.2) is 5.43 Å². The molecule has 4 aromatic carbocycles. The lowest BCUT2D eigenvalue weighted by atomic mass is 9.97. The van der Waals surface area contributed by atoms with Gasteiger partial charge in [0.1, 0.15) is 0 Å². The monoisotopic (exact) mass is 372 g/mol. The van der Waals surface area contributed by atoms with Gasteiger partial charge in [0.15, 0.2) is 17.2 Å². The molecule has 0 saturated heterocycles. The molecule has 6 heteroatoms. The van der Waals surface area contributed by atoms with Crippen molar-refractivity contribution in [2.24, 2.45) is 5.10 Å². The average molecular weight is 372 g/mol. The summed E-state index contributed by atoms with van der Waals surface area (Å²) in [6, 6.07) is 20.0. The molecule has 138 valence electrons. The molecular formula is C22H16N2O4. The number of amides is 1. The number of carbonyl (C=O) groups excluding carboxylic acids is 1. The van der Waals surface area contributed by atoms with Crippen molar-refractivity contribution in [3.63, 3.8) is 0 Å². The van der Waals surface area contributed by atoms with Crippen LogP contribution in [0.4, 0.5) is 0 Å². The molecule has 0 atom stereocenters. The zero-order valence-electron chi connectivity index (χ0n) is 14.6. The lowest BCUT2D eigenvalue weighted by Crippen LogP contribution is -2.17. The van der Waals surface area contributed by atoms with E-state index >= 15 is 0 Å². The average Bonchev–Trinajstić information content (AvgIpc) is 2.71. The van der Waals surface area contributed by atoms with Gasteiger partial charge in [0, 0.05) is 11.1 Å². The molecule has 0 aliphatic heterocycles. The van der Waals surface area contributed by atoms with Crippen molar-refractivity contribution in [3.8, 4) is 17.2 Å². The maximum atomic E-state index is 12.2. The van der Waals surface area contributed by atoms with E-state index in [1.54, 1.807) is 6.21 Å². The van der Waals surface area contributed by atoms with Gasteiger partial charge < -0.3 is 15.3 Å². The third-order valence-corrected chi connectivity index (χ3v) is 4.50. The zero-order chi connectivity index (χ0) is 19.7. The van der Waals surface area contributed by atoms with E-state index in [-0.39, 0.29) is 5.56 Å². The molecule has 0 aliphatic carbocycles. The Morgan fingerprint density at radius 3 is 1.93 bits per heavy atom. The molecule has 0 spiro atoms. The van der Waals surface area contributed by atoms with Crippen LogP contribution in [0, 0.1) is 0 Å². The van der Waals surface area contributed by atoms with Crippen LogP contribution >= 0.6 is 0 Å². The first kappa shape index (κ1) is 17.4. The quantitative estimate of drug-likeness (QED) is 0.190. The van der Waals surface area contributed by atoms with Crippen molar-refractivity contribution >= 4 is 33.7 Å². The molecule has 0 unspecified atom stereocenters. The van der Waals surface area contributed by atoms with E-state index < -0.39 is 23.2 Å². The number of rotatable bonds is 3. The molecule has 0 radical (unpaired) electrons. The predicted molar refractivity (Wildman–Crippen MR) is 108 cm³/mol. The number of benzene rings is 4. The molecule has 6 nitrogen and oxygen atoms in total. The van der Waals surface area contributed by atoms with Gasteiger partial charge in [-0.3, -0.25) is 4.79 Å². The van der Waals surface area contributed by atoms with E-state index in [2.05, 4.69) is 16.6 Å². The Kier molecular flexibility index (Phi) is 4.29. The fourth-order valence-electron chi connectivity index (χ4n) is 3.14. The molecule has 28 heavy (non-hydrogen) atoms. The van der Waals surface area contributed by atoms with E-state index in [4.69, 9.17) is 0 Å². The van der Waals surface area contributed by atoms with E-state index in [1.807, 2.05) is 48.5 Å². The highest BCUT2D eigenvalue weighted by molar-refractivity contribution is 6.13. The number of fused-ring (bicyclic) bond motifs is 2. The highest BCUT2D eigenvalue weighted by atomic mass is 16.3. The number of nitrogens with zero attached hydrogens (tertiary/aromatic N) is 1. The highest BCUT2D eigenvalue weighted by Gasteiger charge is 2.13. The maximum Gasteiger partial charge on any atom is 0.271 e. The fraction of sp³-hybridized carbons (Fsp3) is 0. The van der Waals surface area contributed by atoms with Gasteiger partial charge in [-0.05, 0) is 39.7 Å². The van der Waals surface area contributed by atoms with Gasteiger partial charge in [-0.2, -0.15) is 5.10 Å². The van der Waals surface area contributed by atoms with Crippen LogP contribution in [0.3, 0.4) is 0 Å². The van der Waals surface area contributed by atoms with Crippen LogP contribution in [0.5, 0.6) is 17.2 Å². The lowest BCUT2D eigenvalue weighted by Gasteiger charge is -2.08. The summed E-state index contributed by atoms with van der Waals surface area (Å²) in [5.74, 6) is -2.49. The molecule has 0 aliphatic rings. The smallest absolute Gasteiger partial charge is 0.271 e. The molecular weight excluding hydrogens is 356 g/mol. The Bertz CT molecular complexity index is 1170. The molecule has 1 amide bonds. The highest BCUT2D eigenvalue weighted by Crippen LogP contribution is 2.35. The predicted octanol–water partition coefficient (Wildman–Crippen LogP) is 3.87. The summed E-state index contributed by atoms with van der Waals surface area (Å²) < 4.78 is 0. The Hall–Kier alpha value is -4.06. The van der Waals surface area contributed by atoms with Crippen molar-refractivity contribution in [3.05, 3.63) is 77.9 Å². The van der Waals surface area contributed by atoms with Crippen LogP contribution in [0.1, 0.15) is 15.9 Å². The first-order chi connectivity index (χ1) is 13.5. The largest absolute Gasteiger partial charge is 0.504 e. The molecule has 0 bridgehead atoms. The summed E-state index contributed by atoms with van der Waals surface area (Å²) in [5.41, 5.74) is 3.21. The summed E-state index contributed by atoms with van der Waals surface area (Å²) >= 11 is 0. The van der Waals surface area contributed by atoms with Crippen LogP contribution in [-0.4, -0.2) is 27.4 Å². The molecule has 4 N–H and O–H groups in total. The first-order valence-electron chi connectivity index (χ1n) is 8.53. The number of hydrazone groups is 1. The number of carbonyl (C=O) groups is 1. The third-order valence-electron chi connectivity index (χ3n) is 4.50. The van der Waals surface area contributed by atoms with E-state index in [9.17, 15) is 20.1 Å². The molecule has 0 aromatic heterocycles. The summed E-state index contributed by atoms with van der Waals surface area (Å²) in [6.07, 6.45) is 1.57. The van der Waals surface area contributed by atoms with Gasteiger partial charge >= 0.3 is 0 Å². The molecule has 4 aromatic rings. The van der Waals surface area contributed by atoms with Crippen molar-refractivity contribution < 1.29 is 20.1 Å². The lowest BCUT2D eigenvalue weighted by molar-refractivity contribution is 0.0954. The summed E-state index contributed by atoms with van der Waals surface area (Å²) in [6.45, 7) is 0. The Morgan fingerprint density at radius 1 is 0.821 bits per heavy atom. The third kappa shape index (κ3) is 3.07. The molecule has 0 saturated carbocycles. The minimum Gasteiger partial charge on any atom is -0.504 e. The Balaban J connectivity index is 1.69. The van der Waals surface area contributed by atoms with Crippen LogP contribution in [-0.2, 0) is 0 Å². The maximum absolute atomic E-state index is 12.2. The number of nitrogens with one attached hydrogen (secondary N) is 1. The minimum absolute atomic E-state index is 0.0345. The van der Waals surface area contributed by atoms with Crippen LogP contribution < -0.4 is 5.43 Å². The number of hydrogen-bond donors (Lipinski definition) is 4. The second-order valence-electron chi connectivity index (χ2n) is 6.29.